The van der Waals surface area contributed by atoms with E-state index >= 15 is 0 Å². The number of aromatic carboxylic acids is 1. The molecule has 0 bridgehead atoms. The fourth-order valence-corrected chi connectivity index (χ4v) is 2.76. The van der Waals surface area contributed by atoms with Gasteiger partial charge in [-0.25, -0.2) is 4.79 Å². The highest BCUT2D eigenvalue weighted by Crippen LogP contribution is 2.23. The Morgan fingerprint density at radius 3 is 2.19 bits per heavy atom. The predicted octanol–water partition coefficient (Wildman–Crippen LogP) is 5.88. The van der Waals surface area contributed by atoms with Gasteiger partial charge in [0.25, 0.3) is 0 Å². The molecule has 138 valence electrons. The van der Waals surface area contributed by atoms with Gasteiger partial charge >= 0.3 is 5.97 Å². The number of carboxylic acid groups (broad SMARTS) is 1. The topological polar surface area (TPSA) is 58.6 Å². The monoisotopic (exact) mass is 401 g/mol. The van der Waals surface area contributed by atoms with Crippen molar-refractivity contribution in [1.82, 2.24) is 0 Å². The molecule has 0 radical (unpaired) electrons. The van der Waals surface area contributed by atoms with Crippen molar-refractivity contribution in [2.45, 2.75) is 13.2 Å². The van der Waals surface area contributed by atoms with Crippen molar-refractivity contribution in [2.75, 3.05) is 5.32 Å². The Morgan fingerprint density at radius 2 is 1.56 bits per heavy atom. The van der Waals surface area contributed by atoms with Crippen LogP contribution >= 0.6 is 23.2 Å². The van der Waals surface area contributed by atoms with Crippen molar-refractivity contribution < 1.29 is 14.6 Å². The van der Waals surface area contributed by atoms with Gasteiger partial charge in [0.1, 0.15) is 12.4 Å². The quantitative estimate of drug-likeness (QED) is 0.518. The minimum atomic E-state index is -0.932. The molecule has 2 N–H and O–H groups in total. The van der Waals surface area contributed by atoms with E-state index in [9.17, 15) is 4.79 Å². The van der Waals surface area contributed by atoms with E-state index in [-0.39, 0.29) is 5.56 Å². The molecule has 0 aliphatic heterocycles. The van der Waals surface area contributed by atoms with E-state index in [0.717, 1.165) is 22.6 Å². The Labute approximate surface area is 167 Å². The van der Waals surface area contributed by atoms with Gasteiger partial charge < -0.3 is 15.2 Å². The van der Waals surface area contributed by atoms with Crippen molar-refractivity contribution in [3.05, 3.63) is 93.5 Å². The molecule has 0 spiro atoms. The van der Waals surface area contributed by atoms with Crippen LogP contribution in [0.3, 0.4) is 0 Å². The molecule has 0 aromatic heterocycles. The van der Waals surface area contributed by atoms with Gasteiger partial charge in [0, 0.05) is 12.2 Å². The van der Waals surface area contributed by atoms with Gasteiger partial charge in [-0.05, 0) is 59.7 Å². The number of nitrogens with one attached hydrogen (secondary N) is 1. The molecule has 3 aromatic carbocycles. The first-order valence-electron chi connectivity index (χ1n) is 8.24. The van der Waals surface area contributed by atoms with Crippen LogP contribution in [0, 0.1) is 0 Å². The third-order valence-corrected chi connectivity index (χ3v) is 4.68. The van der Waals surface area contributed by atoms with E-state index in [1.54, 1.807) is 36.4 Å². The van der Waals surface area contributed by atoms with Gasteiger partial charge in [-0.3, -0.25) is 0 Å². The van der Waals surface area contributed by atoms with Crippen molar-refractivity contribution in [2.24, 2.45) is 0 Å². The SMILES string of the molecule is O=C(O)c1ccc(NCc2ccc(OCc3ccc(Cl)c(Cl)c3)cc2)cc1. The first kappa shape index (κ1) is 19.1. The van der Waals surface area contributed by atoms with Gasteiger partial charge in [-0.15, -0.1) is 0 Å². The predicted molar refractivity (Wildman–Crippen MR) is 108 cm³/mol. The molecular formula is C21H17Cl2NO3. The van der Waals surface area contributed by atoms with Gasteiger partial charge in [-0.1, -0.05) is 41.4 Å². The fraction of sp³-hybridized carbons (Fsp3) is 0.0952. The molecule has 0 atom stereocenters. The van der Waals surface area contributed by atoms with Crippen LogP contribution in [-0.2, 0) is 13.2 Å². The molecule has 0 aliphatic rings. The van der Waals surface area contributed by atoms with Crippen molar-refractivity contribution >= 4 is 34.9 Å². The van der Waals surface area contributed by atoms with Gasteiger partial charge in [0.05, 0.1) is 15.6 Å². The van der Waals surface area contributed by atoms with Crippen LogP contribution in [0.4, 0.5) is 5.69 Å². The van der Waals surface area contributed by atoms with E-state index in [0.29, 0.717) is 23.2 Å². The molecule has 4 nitrogen and oxygen atoms in total. The maximum atomic E-state index is 10.9. The van der Waals surface area contributed by atoms with E-state index in [4.69, 9.17) is 33.0 Å². The van der Waals surface area contributed by atoms with Crippen LogP contribution in [0.5, 0.6) is 5.75 Å². The minimum absolute atomic E-state index is 0.268. The summed E-state index contributed by atoms with van der Waals surface area (Å²) in [5.41, 5.74) is 3.16. The van der Waals surface area contributed by atoms with Crippen molar-refractivity contribution in [1.29, 1.82) is 0 Å². The molecule has 27 heavy (non-hydrogen) atoms. The number of halogens is 2. The summed E-state index contributed by atoms with van der Waals surface area (Å²) >= 11 is 11.9. The number of hydrogen-bond donors (Lipinski definition) is 2. The zero-order valence-corrected chi connectivity index (χ0v) is 15.8. The molecule has 0 aliphatic carbocycles. The Hall–Kier alpha value is -2.69. The van der Waals surface area contributed by atoms with E-state index in [2.05, 4.69) is 5.32 Å². The standard InChI is InChI=1S/C21H17Cl2NO3/c22-19-10-3-15(11-20(19)23)13-27-18-8-1-14(2-9-18)12-24-17-6-4-16(5-7-17)21(25)26/h1-11,24H,12-13H2,(H,25,26). The van der Waals surface area contributed by atoms with Gasteiger partial charge in [0.15, 0.2) is 0 Å². The summed E-state index contributed by atoms with van der Waals surface area (Å²) in [6, 6.07) is 19.8. The van der Waals surface area contributed by atoms with E-state index < -0.39 is 5.97 Å². The van der Waals surface area contributed by atoms with Gasteiger partial charge in [-0.2, -0.15) is 0 Å². The summed E-state index contributed by atoms with van der Waals surface area (Å²) in [4.78, 5) is 10.9. The normalized spacial score (nSPS) is 10.4. The molecule has 0 fully saturated rings. The Morgan fingerprint density at radius 1 is 0.889 bits per heavy atom. The van der Waals surface area contributed by atoms with E-state index in [1.165, 1.54) is 0 Å². The van der Waals surface area contributed by atoms with Gasteiger partial charge in [0.2, 0.25) is 0 Å². The maximum absolute atomic E-state index is 10.9. The zero-order valence-electron chi connectivity index (χ0n) is 14.3. The number of carboxylic acids is 1. The average molecular weight is 402 g/mol. The molecule has 0 unspecified atom stereocenters. The number of anilines is 1. The zero-order chi connectivity index (χ0) is 19.2. The van der Waals surface area contributed by atoms with Crippen LogP contribution in [0.2, 0.25) is 10.0 Å². The molecule has 0 heterocycles. The molecule has 3 aromatic rings. The van der Waals surface area contributed by atoms with Crippen molar-refractivity contribution in [3.63, 3.8) is 0 Å². The molecule has 0 saturated heterocycles. The first-order valence-corrected chi connectivity index (χ1v) is 9.00. The second-order valence-corrected chi connectivity index (χ2v) is 6.73. The number of ether oxygens (including phenoxy) is 1. The number of carbonyl (C=O) groups is 1. The average Bonchev–Trinajstić information content (AvgIpc) is 2.68. The second-order valence-electron chi connectivity index (χ2n) is 5.92. The summed E-state index contributed by atoms with van der Waals surface area (Å²) in [7, 11) is 0. The summed E-state index contributed by atoms with van der Waals surface area (Å²) in [6.45, 7) is 1.03. The summed E-state index contributed by atoms with van der Waals surface area (Å²) < 4.78 is 5.76. The van der Waals surface area contributed by atoms with Crippen LogP contribution < -0.4 is 10.1 Å². The summed E-state index contributed by atoms with van der Waals surface area (Å²) in [5, 5.41) is 13.2. The highest BCUT2D eigenvalue weighted by molar-refractivity contribution is 6.42. The van der Waals surface area contributed by atoms with E-state index in [1.807, 2.05) is 30.3 Å². The minimum Gasteiger partial charge on any atom is -0.489 e. The molecule has 6 heteroatoms. The van der Waals surface area contributed by atoms with Crippen molar-refractivity contribution in [3.8, 4) is 5.75 Å². The summed E-state index contributed by atoms with van der Waals surface area (Å²) in [6.07, 6.45) is 0. The Balaban J connectivity index is 1.52. The lowest BCUT2D eigenvalue weighted by Crippen LogP contribution is -2.01. The molecule has 0 amide bonds. The molecular weight excluding hydrogens is 385 g/mol. The summed E-state index contributed by atoms with van der Waals surface area (Å²) in [5.74, 6) is -0.173. The second kappa shape index (κ2) is 8.80. The molecule has 3 rings (SSSR count). The number of benzene rings is 3. The third kappa shape index (κ3) is 5.39. The highest BCUT2D eigenvalue weighted by atomic mass is 35.5. The lowest BCUT2D eigenvalue weighted by molar-refractivity contribution is 0.0697. The van der Waals surface area contributed by atoms with Crippen LogP contribution in [-0.4, -0.2) is 11.1 Å². The largest absolute Gasteiger partial charge is 0.489 e. The highest BCUT2D eigenvalue weighted by Gasteiger charge is 2.03. The first-order chi connectivity index (χ1) is 13.0. The smallest absolute Gasteiger partial charge is 0.335 e. The fourth-order valence-electron chi connectivity index (χ4n) is 2.43. The lowest BCUT2D eigenvalue weighted by Gasteiger charge is -2.10. The van der Waals surface area contributed by atoms with Crippen LogP contribution in [0.1, 0.15) is 21.5 Å². The Kier molecular flexibility index (Phi) is 6.22. The molecule has 0 saturated carbocycles. The number of rotatable bonds is 7. The Bertz CT molecular complexity index is 925. The van der Waals surface area contributed by atoms with Crippen LogP contribution in [0.25, 0.3) is 0 Å². The van der Waals surface area contributed by atoms with Crippen LogP contribution in [0.15, 0.2) is 66.7 Å². The lowest BCUT2D eigenvalue weighted by atomic mass is 10.2. The third-order valence-electron chi connectivity index (χ3n) is 3.94. The number of hydrogen-bond acceptors (Lipinski definition) is 3. The maximum Gasteiger partial charge on any atom is 0.335 e.